The average Bonchev–Trinajstić information content (AvgIpc) is 2.86. The Labute approximate surface area is 216 Å². The molecule has 1 aromatic rings. The second-order valence-electron chi connectivity index (χ2n) is 9.20. The van der Waals surface area contributed by atoms with Crippen molar-refractivity contribution in [3.8, 4) is 0 Å². The van der Waals surface area contributed by atoms with Crippen molar-refractivity contribution in [2.24, 2.45) is 15.7 Å². The van der Waals surface area contributed by atoms with Gasteiger partial charge in [0.15, 0.2) is 5.84 Å². The second kappa shape index (κ2) is 11.5. The quantitative estimate of drug-likeness (QED) is 0.339. The number of dihydropyridines is 1. The van der Waals surface area contributed by atoms with Gasteiger partial charge in [0.05, 0.1) is 17.8 Å². The smallest absolute Gasteiger partial charge is 0.405 e. The summed E-state index contributed by atoms with van der Waals surface area (Å²) in [6.07, 6.45) is 0.0652. The van der Waals surface area contributed by atoms with Crippen molar-refractivity contribution in [2.75, 3.05) is 19.6 Å². The lowest BCUT2D eigenvalue weighted by molar-refractivity contribution is -0.137. The summed E-state index contributed by atoms with van der Waals surface area (Å²) in [5, 5.41) is 6.29. The van der Waals surface area contributed by atoms with Crippen LogP contribution in [-0.2, 0) is 6.18 Å². The van der Waals surface area contributed by atoms with E-state index in [4.69, 9.17) is 5.73 Å². The molecule has 6 nitrogen and oxygen atoms in total. The van der Waals surface area contributed by atoms with Crippen LogP contribution in [0.1, 0.15) is 31.2 Å². The zero-order valence-electron chi connectivity index (χ0n) is 20.4. The lowest BCUT2D eigenvalue weighted by atomic mass is 9.98. The van der Waals surface area contributed by atoms with Gasteiger partial charge in [-0.05, 0) is 74.1 Å². The first-order chi connectivity index (χ1) is 18.0. The number of halogens is 6. The molecule has 12 heteroatoms. The first kappa shape index (κ1) is 27.5. The van der Waals surface area contributed by atoms with Gasteiger partial charge < -0.3 is 16.4 Å². The number of nitrogens with zero attached hydrogens (tertiary/aromatic N) is 3. The molecule has 1 aromatic carbocycles. The fourth-order valence-corrected chi connectivity index (χ4v) is 4.42. The highest BCUT2D eigenvalue weighted by molar-refractivity contribution is 6.06. The van der Waals surface area contributed by atoms with Crippen LogP contribution in [-0.4, -0.2) is 48.4 Å². The summed E-state index contributed by atoms with van der Waals surface area (Å²) < 4.78 is 79.4. The Bertz CT molecular complexity index is 1180. The van der Waals surface area contributed by atoms with Gasteiger partial charge in [0.1, 0.15) is 11.9 Å². The van der Waals surface area contributed by atoms with Crippen molar-refractivity contribution in [2.45, 2.75) is 44.1 Å². The number of likely N-dealkylation sites (tertiary alicyclic amines) is 1. The molecular formula is C26H28F6N6. The number of nitrogens with one attached hydrogen (secondary N) is 2. The maximum atomic E-state index is 13.5. The SMILES string of the molecule is N/C=C\C=C(/CC1=CNC2C(=C1)NC(CN1CCCCC1)=NC2=Nc1ccc(C(F)(F)F)cc1)C(F)(F)F. The summed E-state index contributed by atoms with van der Waals surface area (Å²) >= 11 is 0. The topological polar surface area (TPSA) is 78.0 Å². The minimum Gasteiger partial charge on any atom is -0.405 e. The summed E-state index contributed by atoms with van der Waals surface area (Å²) in [5.41, 5.74) is 4.88. The van der Waals surface area contributed by atoms with Gasteiger partial charge in [-0.3, -0.25) is 4.90 Å². The molecule has 1 unspecified atom stereocenters. The van der Waals surface area contributed by atoms with E-state index in [-0.39, 0.29) is 12.1 Å². The molecule has 1 atom stereocenters. The molecular weight excluding hydrogens is 510 g/mol. The number of amidine groups is 2. The van der Waals surface area contributed by atoms with E-state index in [1.54, 1.807) is 6.08 Å². The Hall–Kier alpha value is -3.54. The lowest BCUT2D eigenvalue weighted by Gasteiger charge is -2.33. The van der Waals surface area contributed by atoms with Crippen LogP contribution in [0.2, 0.25) is 0 Å². The molecule has 38 heavy (non-hydrogen) atoms. The number of nitrogens with two attached hydrogens (primary N) is 1. The van der Waals surface area contributed by atoms with Crippen LogP contribution >= 0.6 is 0 Å². The number of hydrogen-bond acceptors (Lipinski definition) is 5. The van der Waals surface area contributed by atoms with Crippen molar-refractivity contribution in [3.05, 3.63) is 77.3 Å². The number of aliphatic imine (C=N–C) groups is 2. The van der Waals surface area contributed by atoms with Crippen molar-refractivity contribution >= 4 is 17.4 Å². The van der Waals surface area contributed by atoms with Gasteiger partial charge in [0, 0.05) is 23.9 Å². The fourth-order valence-electron chi connectivity index (χ4n) is 4.42. The van der Waals surface area contributed by atoms with Gasteiger partial charge in [-0.15, -0.1) is 0 Å². The van der Waals surface area contributed by atoms with Crippen LogP contribution in [0.4, 0.5) is 32.0 Å². The summed E-state index contributed by atoms with van der Waals surface area (Å²) in [6.45, 7) is 2.28. The standard InChI is InChI=1S/C26H28F6N6/c27-25(28,29)18-6-8-20(9-7-18)35-24-23-21(36-22(37-24)16-38-11-2-1-3-12-38)14-17(15-34-23)13-19(5-4-10-33)26(30,31)32/h4-10,14-15,23,34H,1-3,11-13,16,33H2,(H,35,36,37)/b10-4-,19-5+. The first-order valence-electron chi connectivity index (χ1n) is 12.2. The molecule has 4 N–H and O–H groups in total. The van der Waals surface area contributed by atoms with E-state index >= 15 is 0 Å². The third-order valence-electron chi connectivity index (χ3n) is 6.31. The average molecular weight is 539 g/mol. The lowest BCUT2D eigenvalue weighted by Crippen LogP contribution is -2.51. The zero-order chi connectivity index (χ0) is 27.3. The van der Waals surface area contributed by atoms with Crippen LogP contribution in [0.5, 0.6) is 0 Å². The molecule has 4 rings (SSSR count). The van der Waals surface area contributed by atoms with E-state index in [0.29, 0.717) is 29.5 Å². The number of rotatable bonds is 6. The van der Waals surface area contributed by atoms with Crippen molar-refractivity contribution in [1.82, 2.24) is 15.5 Å². The Morgan fingerprint density at radius 3 is 2.42 bits per heavy atom. The summed E-state index contributed by atoms with van der Waals surface area (Å²) in [5.74, 6) is 0.871. The zero-order valence-corrected chi connectivity index (χ0v) is 20.4. The fraction of sp³-hybridized carbons (Fsp3) is 0.385. The maximum absolute atomic E-state index is 13.5. The van der Waals surface area contributed by atoms with Crippen molar-refractivity contribution in [3.63, 3.8) is 0 Å². The summed E-state index contributed by atoms with van der Waals surface area (Å²) in [7, 11) is 0. The molecule has 204 valence electrons. The highest BCUT2D eigenvalue weighted by atomic mass is 19.4. The Balaban J connectivity index is 1.63. The van der Waals surface area contributed by atoms with Crippen LogP contribution in [0.15, 0.2) is 81.7 Å². The third-order valence-corrected chi connectivity index (χ3v) is 6.31. The number of benzene rings is 1. The highest BCUT2D eigenvalue weighted by Crippen LogP contribution is 2.33. The summed E-state index contributed by atoms with van der Waals surface area (Å²) in [6, 6.07) is 3.81. The molecule has 0 bridgehead atoms. The normalized spacial score (nSPS) is 22.4. The third kappa shape index (κ3) is 7.06. The number of hydrogen-bond donors (Lipinski definition) is 3. The van der Waals surface area contributed by atoms with E-state index in [0.717, 1.165) is 62.8 Å². The van der Waals surface area contributed by atoms with Gasteiger partial charge >= 0.3 is 12.4 Å². The molecule has 1 saturated heterocycles. The van der Waals surface area contributed by atoms with Gasteiger partial charge in [-0.25, -0.2) is 9.98 Å². The predicted molar refractivity (Wildman–Crippen MR) is 135 cm³/mol. The van der Waals surface area contributed by atoms with Crippen molar-refractivity contribution in [1.29, 1.82) is 0 Å². The highest BCUT2D eigenvalue weighted by Gasteiger charge is 2.35. The van der Waals surface area contributed by atoms with E-state index in [9.17, 15) is 26.3 Å². The van der Waals surface area contributed by atoms with Gasteiger partial charge in [-0.2, -0.15) is 26.3 Å². The number of fused-ring (bicyclic) bond motifs is 1. The molecule has 0 saturated carbocycles. The van der Waals surface area contributed by atoms with Gasteiger partial charge in [0.25, 0.3) is 0 Å². The Kier molecular flexibility index (Phi) is 8.29. The molecule has 0 amide bonds. The first-order valence-corrected chi connectivity index (χ1v) is 12.2. The maximum Gasteiger partial charge on any atom is 0.416 e. The molecule has 0 aromatic heterocycles. The van der Waals surface area contributed by atoms with E-state index in [1.807, 2.05) is 0 Å². The van der Waals surface area contributed by atoms with Gasteiger partial charge in [0.2, 0.25) is 0 Å². The molecule has 3 aliphatic rings. The van der Waals surface area contributed by atoms with E-state index < -0.39 is 29.5 Å². The van der Waals surface area contributed by atoms with Crippen molar-refractivity contribution < 1.29 is 26.3 Å². The minimum absolute atomic E-state index is 0.280. The number of allylic oxidation sites excluding steroid dienone is 5. The molecule has 0 spiro atoms. The Morgan fingerprint density at radius 2 is 1.79 bits per heavy atom. The van der Waals surface area contributed by atoms with Crippen LogP contribution in [0.25, 0.3) is 0 Å². The largest absolute Gasteiger partial charge is 0.416 e. The molecule has 3 aliphatic heterocycles. The predicted octanol–water partition coefficient (Wildman–Crippen LogP) is 5.31. The molecule has 0 radical (unpaired) electrons. The number of piperidine rings is 1. The monoisotopic (exact) mass is 538 g/mol. The van der Waals surface area contributed by atoms with Crippen LogP contribution in [0.3, 0.4) is 0 Å². The minimum atomic E-state index is -4.54. The second-order valence-corrected chi connectivity index (χ2v) is 9.20. The van der Waals surface area contributed by atoms with E-state index in [1.165, 1.54) is 18.3 Å². The number of alkyl halides is 6. The van der Waals surface area contributed by atoms with Crippen LogP contribution < -0.4 is 16.4 Å². The molecule has 3 heterocycles. The van der Waals surface area contributed by atoms with E-state index in [2.05, 4.69) is 25.5 Å². The Morgan fingerprint density at radius 1 is 1.08 bits per heavy atom. The van der Waals surface area contributed by atoms with Crippen LogP contribution in [0, 0.1) is 0 Å². The molecule has 0 aliphatic carbocycles. The molecule has 1 fully saturated rings. The summed E-state index contributed by atoms with van der Waals surface area (Å²) in [4.78, 5) is 11.4. The van der Waals surface area contributed by atoms with Gasteiger partial charge in [-0.1, -0.05) is 12.5 Å².